The minimum atomic E-state index is -0.0193. The van der Waals surface area contributed by atoms with Crippen LogP contribution in [0.4, 0.5) is 0 Å². The van der Waals surface area contributed by atoms with Gasteiger partial charge in [0.25, 0.3) is 0 Å². The number of nitrogens with one attached hydrogen (secondary N) is 6. The monoisotopic (exact) mass is 665 g/mol. The van der Waals surface area contributed by atoms with Gasteiger partial charge in [-0.2, -0.15) is 0 Å². The molecule has 5 rings (SSSR count). The summed E-state index contributed by atoms with van der Waals surface area (Å²) in [5.74, 6) is 0. The summed E-state index contributed by atoms with van der Waals surface area (Å²) in [6, 6.07) is 15.3. The second kappa shape index (κ2) is 21.5. The molecule has 3 saturated heterocycles. The molecule has 0 unspecified atom stereocenters. The van der Waals surface area contributed by atoms with Crippen molar-refractivity contribution in [1.82, 2.24) is 31.9 Å². The van der Waals surface area contributed by atoms with Crippen LogP contribution in [-0.2, 0) is 28.7 Å². The third kappa shape index (κ3) is 13.1. The Morgan fingerprint density at radius 3 is 1.38 bits per heavy atom. The summed E-state index contributed by atoms with van der Waals surface area (Å²) in [5, 5.41) is 22.4. The Labute approximate surface area is 270 Å². The molecule has 1 aromatic heterocycles. The van der Waals surface area contributed by atoms with Gasteiger partial charge in [0.05, 0.1) is 0 Å². The predicted octanol–water partition coefficient (Wildman–Crippen LogP) is -12.2. The molecule has 224 valence electrons. The minimum absolute atomic E-state index is 0. The van der Waals surface area contributed by atoms with Gasteiger partial charge in [-0.25, -0.2) is 4.57 Å². The number of nitrogens with zero attached hydrogens (tertiary/aromatic N) is 1. The smallest absolute Gasteiger partial charge is 1.00 e. The number of halogens is 4. The van der Waals surface area contributed by atoms with Gasteiger partial charge in [0, 0.05) is 107 Å². The minimum Gasteiger partial charge on any atom is -1.00 e. The molecule has 0 radical (unpaired) electrons. The summed E-state index contributed by atoms with van der Waals surface area (Å²) < 4.78 is 2.27. The van der Waals surface area contributed by atoms with Gasteiger partial charge in [-0.15, -0.1) is 0 Å². The number of rotatable bonds is 3. The summed E-state index contributed by atoms with van der Waals surface area (Å²) in [5.41, 5.74) is 2.89. The fraction of sp³-hybridized carbons (Fsp3) is 0.593. The van der Waals surface area contributed by atoms with Crippen molar-refractivity contribution in [2.75, 3.05) is 78.5 Å². The van der Waals surface area contributed by atoms with Crippen molar-refractivity contribution < 1.29 is 71.0 Å². The Bertz CT molecular complexity index is 821. The largest absolute Gasteiger partial charge is 3.00 e. The van der Waals surface area contributed by atoms with E-state index in [2.05, 4.69) is 98.2 Å². The van der Waals surface area contributed by atoms with Crippen molar-refractivity contribution in [3.8, 4) is 0 Å². The molecule has 3 aliphatic heterocycles. The summed E-state index contributed by atoms with van der Waals surface area (Å²) >= 11 is 0. The molecule has 0 amide bonds. The molecule has 1 aromatic carbocycles. The van der Waals surface area contributed by atoms with E-state index in [1.165, 1.54) is 11.1 Å². The zero-order valence-electron chi connectivity index (χ0n) is 22.7. The van der Waals surface area contributed by atoms with E-state index >= 15 is 0 Å². The average Bonchev–Trinajstić information content (AvgIpc) is 2.86. The van der Waals surface area contributed by atoms with Gasteiger partial charge in [0.1, 0.15) is 0 Å². The molecule has 0 saturated carbocycles. The standard InChI is InChI=1S/C27H44N7.4ClH.Co/c1-26-18-28-9-12-31-21-27(22-32-13-10-29-19-26,23-33-14-11-30-20-26)25-7-15-34(16-8-25)17-24-5-3-2-4-6-24;;;;;/h2-8,15-16,28-33H,9-14,17-23H2,1H3;4*1H;/q+1;;;;;+3/p-4. The Kier molecular flexibility index (Phi) is 22.6. The van der Waals surface area contributed by atoms with E-state index in [-0.39, 0.29) is 77.2 Å². The van der Waals surface area contributed by atoms with Gasteiger partial charge in [0.15, 0.2) is 18.9 Å². The molecule has 0 atom stereocenters. The molecule has 0 aliphatic carbocycles. The number of aromatic nitrogens is 1. The van der Waals surface area contributed by atoms with Crippen LogP contribution in [0.25, 0.3) is 0 Å². The molecule has 2 aromatic rings. The van der Waals surface area contributed by atoms with Crippen LogP contribution in [0, 0.1) is 5.41 Å². The van der Waals surface area contributed by atoms with E-state index in [0.717, 1.165) is 85.1 Å². The quantitative estimate of drug-likeness (QED) is 0.183. The van der Waals surface area contributed by atoms with Crippen molar-refractivity contribution in [2.24, 2.45) is 5.41 Å². The van der Waals surface area contributed by atoms with Crippen LogP contribution in [0.15, 0.2) is 54.9 Å². The van der Waals surface area contributed by atoms with Crippen LogP contribution in [0.5, 0.6) is 0 Å². The Hall–Kier alpha value is -0.204. The molecule has 0 spiro atoms. The molecule has 7 nitrogen and oxygen atoms in total. The molecule has 2 bridgehead atoms. The van der Waals surface area contributed by atoms with Gasteiger partial charge in [-0.3, -0.25) is 0 Å². The second-order valence-corrected chi connectivity index (χ2v) is 10.4. The molecule has 39 heavy (non-hydrogen) atoms. The van der Waals surface area contributed by atoms with Crippen molar-refractivity contribution >= 4 is 0 Å². The number of hydrogen-bond acceptors (Lipinski definition) is 6. The van der Waals surface area contributed by atoms with Gasteiger partial charge in [0.2, 0.25) is 0 Å². The first-order valence-corrected chi connectivity index (χ1v) is 13.0. The van der Waals surface area contributed by atoms with Crippen LogP contribution in [0.3, 0.4) is 0 Å². The third-order valence-corrected chi connectivity index (χ3v) is 7.19. The van der Waals surface area contributed by atoms with E-state index in [9.17, 15) is 0 Å². The van der Waals surface area contributed by atoms with Gasteiger partial charge < -0.3 is 81.5 Å². The van der Waals surface area contributed by atoms with Crippen molar-refractivity contribution in [1.29, 1.82) is 0 Å². The average molecular weight is 667 g/mol. The Morgan fingerprint density at radius 1 is 0.590 bits per heavy atom. The maximum absolute atomic E-state index is 3.77. The molecule has 12 heteroatoms. The van der Waals surface area contributed by atoms with Crippen molar-refractivity contribution in [2.45, 2.75) is 18.9 Å². The number of hydrogen-bond donors (Lipinski definition) is 6. The van der Waals surface area contributed by atoms with Crippen molar-refractivity contribution in [3.05, 3.63) is 66.0 Å². The zero-order chi connectivity index (χ0) is 23.5. The van der Waals surface area contributed by atoms with Crippen molar-refractivity contribution in [3.63, 3.8) is 0 Å². The zero-order valence-corrected chi connectivity index (χ0v) is 26.7. The fourth-order valence-corrected chi connectivity index (χ4v) is 5.08. The van der Waals surface area contributed by atoms with E-state index < -0.39 is 0 Å². The first-order chi connectivity index (χ1) is 16.7. The van der Waals surface area contributed by atoms with Crippen LogP contribution in [0.2, 0.25) is 0 Å². The summed E-state index contributed by atoms with van der Waals surface area (Å²) in [6.07, 6.45) is 4.47. The van der Waals surface area contributed by atoms with Crippen LogP contribution in [0.1, 0.15) is 18.1 Å². The second-order valence-electron chi connectivity index (χ2n) is 10.4. The van der Waals surface area contributed by atoms with E-state index in [1.807, 2.05) is 0 Å². The SMILES string of the molecule is CC12CNCCNCC(c3cc[n+](Cc4ccccc4)cc3)(CNCCNC1)CNCCNC2.[Cl-].[Cl-].[Cl-].[Cl-].[Co+3]. The van der Waals surface area contributed by atoms with E-state index in [4.69, 9.17) is 0 Å². The molecular formula is C27H44Cl4CoN7. The predicted molar refractivity (Wildman–Crippen MR) is 139 cm³/mol. The number of fused-ring (bicyclic) bond motifs is 15. The third-order valence-electron chi connectivity index (χ3n) is 7.19. The normalized spacial score (nSPS) is 24.5. The molecule has 4 heterocycles. The van der Waals surface area contributed by atoms with Crippen LogP contribution >= 0.6 is 0 Å². The van der Waals surface area contributed by atoms with E-state index in [0.29, 0.717) is 0 Å². The molecule has 6 N–H and O–H groups in total. The van der Waals surface area contributed by atoms with Gasteiger partial charge >= 0.3 is 16.8 Å². The Balaban J connectivity index is 0. The summed E-state index contributed by atoms with van der Waals surface area (Å²) in [4.78, 5) is 0. The summed E-state index contributed by atoms with van der Waals surface area (Å²) in [6.45, 7) is 15.0. The first kappa shape index (κ1) is 40.9. The molecule has 3 fully saturated rings. The number of pyridine rings is 1. The fourth-order valence-electron chi connectivity index (χ4n) is 5.08. The number of benzene rings is 1. The van der Waals surface area contributed by atoms with Gasteiger partial charge in [-0.1, -0.05) is 37.3 Å². The molecule has 3 aliphatic rings. The van der Waals surface area contributed by atoms with Crippen LogP contribution in [-0.4, -0.2) is 78.5 Å². The van der Waals surface area contributed by atoms with Gasteiger partial charge in [-0.05, 0) is 5.56 Å². The van der Waals surface area contributed by atoms with E-state index in [1.54, 1.807) is 0 Å². The topological polar surface area (TPSA) is 76.1 Å². The summed E-state index contributed by atoms with van der Waals surface area (Å²) in [7, 11) is 0. The van der Waals surface area contributed by atoms with Crippen LogP contribution < -0.4 is 86.1 Å². The maximum Gasteiger partial charge on any atom is 3.00 e. The Morgan fingerprint density at radius 2 is 0.974 bits per heavy atom. The first-order valence-electron chi connectivity index (χ1n) is 13.0. The molecular weight excluding hydrogens is 623 g/mol. The maximum atomic E-state index is 3.77.